The summed E-state index contributed by atoms with van der Waals surface area (Å²) >= 11 is 0. The summed E-state index contributed by atoms with van der Waals surface area (Å²) in [6, 6.07) is 0.236. The fourth-order valence-corrected chi connectivity index (χ4v) is 1.85. The monoisotopic (exact) mass is 212 g/mol. The summed E-state index contributed by atoms with van der Waals surface area (Å²) in [6.07, 6.45) is 3.89. The number of carbonyl (C=O) groups excluding carboxylic acids is 1. The highest BCUT2D eigenvalue weighted by molar-refractivity contribution is 5.79. The van der Waals surface area contributed by atoms with Crippen LogP contribution in [-0.2, 0) is 4.79 Å². The van der Waals surface area contributed by atoms with Gasteiger partial charge in [0.15, 0.2) is 0 Å². The van der Waals surface area contributed by atoms with Crippen LogP contribution in [-0.4, -0.2) is 18.5 Å². The molecule has 1 aliphatic carbocycles. The van der Waals surface area contributed by atoms with Crippen molar-refractivity contribution in [3.8, 4) is 0 Å². The summed E-state index contributed by atoms with van der Waals surface area (Å²) in [5.41, 5.74) is 6.00. The van der Waals surface area contributed by atoms with E-state index in [4.69, 9.17) is 5.73 Å². The van der Waals surface area contributed by atoms with E-state index in [1.165, 1.54) is 0 Å². The first-order valence-electron chi connectivity index (χ1n) is 5.98. The molecule has 0 aromatic rings. The molecule has 88 valence electrons. The van der Waals surface area contributed by atoms with Gasteiger partial charge in [-0.2, -0.15) is 0 Å². The van der Waals surface area contributed by atoms with Gasteiger partial charge in [-0.1, -0.05) is 20.8 Å². The first-order valence-corrected chi connectivity index (χ1v) is 5.98. The molecule has 3 N–H and O–H groups in total. The molecule has 3 nitrogen and oxygen atoms in total. The standard InChI is InChI=1S/C12H24N2O/c1-4-12(2,3)8-14-11(15)9-5-6-10(13)7-9/h9-10H,4-8,13H2,1-3H3,(H,14,15). The van der Waals surface area contributed by atoms with Crippen LogP contribution in [0.25, 0.3) is 0 Å². The van der Waals surface area contributed by atoms with Gasteiger partial charge in [0.2, 0.25) is 5.91 Å². The Balaban J connectivity index is 2.30. The predicted octanol–water partition coefficient (Wildman–Crippen LogP) is 1.67. The molecule has 2 atom stereocenters. The van der Waals surface area contributed by atoms with Gasteiger partial charge in [0.25, 0.3) is 0 Å². The van der Waals surface area contributed by atoms with Crippen molar-refractivity contribution in [3.05, 3.63) is 0 Å². The van der Waals surface area contributed by atoms with E-state index in [-0.39, 0.29) is 23.3 Å². The highest BCUT2D eigenvalue weighted by Crippen LogP contribution is 2.25. The summed E-state index contributed by atoms with van der Waals surface area (Å²) in [5.74, 6) is 0.358. The average molecular weight is 212 g/mol. The normalized spacial score (nSPS) is 26.7. The number of rotatable bonds is 4. The molecule has 1 fully saturated rings. The molecule has 2 unspecified atom stereocenters. The van der Waals surface area contributed by atoms with E-state index in [0.717, 1.165) is 32.2 Å². The Bertz CT molecular complexity index is 226. The van der Waals surface area contributed by atoms with Crippen molar-refractivity contribution >= 4 is 5.91 Å². The second-order valence-corrected chi connectivity index (χ2v) is 5.51. The first-order chi connectivity index (χ1) is 6.94. The largest absolute Gasteiger partial charge is 0.355 e. The maximum atomic E-state index is 11.8. The molecule has 0 bridgehead atoms. The second-order valence-electron chi connectivity index (χ2n) is 5.51. The molecule has 0 heterocycles. The van der Waals surface area contributed by atoms with Gasteiger partial charge in [0.1, 0.15) is 0 Å². The zero-order valence-electron chi connectivity index (χ0n) is 10.2. The lowest BCUT2D eigenvalue weighted by Gasteiger charge is -2.23. The van der Waals surface area contributed by atoms with Crippen molar-refractivity contribution < 1.29 is 4.79 Å². The fraction of sp³-hybridized carbons (Fsp3) is 0.917. The predicted molar refractivity (Wildman–Crippen MR) is 62.4 cm³/mol. The molecular weight excluding hydrogens is 188 g/mol. The third-order valence-corrected chi connectivity index (χ3v) is 3.54. The van der Waals surface area contributed by atoms with Crippen LogP contribution in [0.1, 0.15) is 46.5 Å². The van der Waals surface area contributed by atoms with E-state index < -0.39 is 0 Å². The SMILES string of the molecule is CCC(C)(C)CNC(=O)C1CCC(N)C1. The molecule has 0 spiro atoms. The maximum Gasteiger partial charge on any atom is 0.223 e. The molecular formula is C12H24N2O. The molecule has 15 heavy (non-hydrogen) atoms. The Morgan fingerprint density at radius 2 is 2.13 bits per heavy atom. The summed E-state index contributed by atoms with van der Waals surface area (Å²) < 4.78 is 0. The fourth-order valence-electron chi connectivity index (χ4n) is 1.85. The van der Waals surface area contributed by atoms with Crippen molar-refractivity contribution in [2.75, 3.05) is 6.54 Å². The van der Waals surface area contributed by atoms with E-state index >= 15 is 0 Å². The van der Waals surface area contributed by atoms with Gasteiger partial charge < -0.3 is 11.1 Å². The van der Waals surface area contributed by atoms with Gasteiger partial charge in [-0.3, -0.25) is 4.79 Å². The van der Waals surface area contributed by atoms with Crippen molar-refractivity contribution in [1.29, 1.82) is 0 Å². The van der Waals surface area contributed by atoms with Crippen LogP contribution in [0, 0.1) is 11.3 Å². The average Bonchev–Trinajstić information content (AvgIpc) is 2.61. The minimum atomic E-state index is 0.160. The van der Waals surface area contributed by atoms with E-state index in [1.807, 2.05) is 0 Å². The summed E-state index contributed by atoms with van der Waals surface area (Å²) in [6.45, 7) is 7.27. The molecule has 1 saturated carbocycles. The lowest BCUT2D eigenvalue weighted by atomic mass is 9.90. The topological polar surface area (TPSA) is 55.1 Å². The van der Waals surface area contributed by atoms with Crippen molar-refractivity contribution in [2.45, 2.75) is 52.5 Å². The number of carbonyl (C=O) groups is 1. The third kappa shape index (κ3) is 3.82. The van der Waals surface area contributed by atoms with Gasteiger partial charge >= 0.3 is 0 Å². The van der Waals surface area contributed by atoms with Crippen LogP contribution >= 0.6 is 0 Å². The minimum absolute atomic E-state index is 0.160. The molecule has 0 aromatic heterocycles. The molecule has 0 aliphatic heterocycles. The Hall–Kier alpha value is -0.570. The zero-order chi connectivity index (χ0) is 11.5. The number of nitrogens with one attached hydrogen (secondary N) is 1. The van der Waals surface area contributed by atoms with Gasteiger partial charge in [-0.25, -0.2) is 0 Å². The third-order valence-electron chi connectivity index (χ3n) is 3.54. The van der Waals surface area contributed by atoms with Crippen LogP contribution in [0.5, 0.6) is 0 Å². The summed E-state index contributed by atoms with van der Waals surface area (Å²) in [7, 11) is 0. The summed E-state index contributed by atoms with van der Waals surface area (Å²) in [5, 5.41) is 3.04. The van der Waals surface area contributed by atoms with Crippen LogP contribution in [0.2, 0.25) is 0 Å². The Kier molecular flexibility index (Phi) is 4.14. The van der Waals surface area contributed by atoms with E-state index in [9.17, 15) is 4.79 Å². The maximum absolute atomic E-state index is 11.8. The number of hydrogen-bond donors (Lipinski definition) is 2. The number of hydrogen-bond acceptors (Lipinski definition) is 2. The molecule has 0 aromatic carbocycles. The van der Waals surface area contributed by atoms with E-state index in [0.29, 0.717) is 0 Å². The van der Waals surface area contributed by atoms with Crippen LogP contribution < -0.4 is 11.1 Å². The highest BCUT2D eigenvalue weighted by atomic mass is 16.1. The van der Waals surface area contributed by atoms with Crippen molar-refractivity contribution in [2.24, 2.45) is 17.1 Å². The zero-order valence-corrected chi connectivity index (χ0v) is 10.2. The second kappa shape index (κ2) is 4.97. The smallest absolute Gasteiger partial charge is 0.223 e. The number of amides is 1. The van der Waals surface area contributed by atoms with Gasteiger partial charge in [0.05, 0.1) is 0 Å². The highest BCUT2D eigenvalue weighted by Gasteiger charge is 2.28. The van der Waals surface area contributed by atoms with Crippen molar-refractivity contribution in [1.82, 2.24) is 5.32 Å². The van der Waals surface area contributed by atoms with Crippen LogP contribution in [0.4, 0.5) is 0 Å². The lowest BCUT2D eigenvalue weighted by Crippen LogP contribution is -2.37. The Morgan fingerprint density at radius 3 is 2.60 bits per heavy atom. The molecule has 1 amide bonds. The molecule has 0 saturated heterocycles. The van der Waals surface area contributed by atoms with E-state index in [2.05, 4.69) is 26.1 Å². The Morgan fingerprint density at radius 1 is 1.47 bits per heavy atom. The molecule has 1 rings (SSSR count). The molecule has 0 radical (unpaired) electrons. The quantitative estimate of drug-likeness (QED) is 0.744. The van der Waals surface area contributed by atoms with E-state index in [1.54, 1.807) is 0 Å². The summed E-state index contributed by atoms with van der Waals surface area (Å²) in [4.78, 5) is 11.8. The van der Waals surface area contributed by atoms with Crippen LogP contribution in [0.3, 0.4) is 0 Å². The Labute approximate surface area is 92.8 Å². The molecule has 1 aliphatic rings. The van der Waals surface area contributed by atoms with Crippen LogP contribution in [0.15, 0.2) is 0 Å². The minimum Gasteiger partial charge on any atom is -0.355 e. The van der Waals surface area contributed by atoms with Gasteiger partial charge in [-0.15, -0.1) is 0 Å². The van der Waals surface area contributed by atoms with Crippen molar-refractivity contribution in [3.63, 3.8) is 0 Å². The first kappa shape index (κ1) is 12.5. The molecule has 3 heteroatoms. The van der Waals surface area contributed by atoms with Gasteiger partial charge in [0, 0.05) is 18.5 Å². The lowest BCUT2D eigenvalue weighted by molar-refractivity contribution is -0.125. The number of nitrogens with two attached hydrogens (primary N) is 1. The van der Waals surface area contributed by atoms with Gasteiger partial charge in [-0.05, 0) is 31.1 Å².